The average Bonchev–Trinajstić information content (AvgIpc) is 3.09. The van der Waals surface area contributed by atoms with E-state index >= 15 is 0 Å². The van der Waals surface area contributed by atoms with Crippen LogP contribution in [0, 0.1) is 3.95 Å². The van der Waals surface area contributed by atoms with Crippen molar-refractivity contribution in [1.82, 2.24) is 14.1 Å². The monoisotopic (exact) mass is 450 g/mol. The Labute approximate surface area is 186 Å². The highest BCUT2D eigenvalue weighted by atomic mass is 32.1. The van der Waals surface area contributed by atoms with Crippen molar-refractivity contribution in [3.63, 3.8) is 0 Å². The van der Waals surface area contributed by atoms with Crippen LogP contribution in [-0.2, 0) is 17.9 Å². The third-order valence-corrected chi connectivity index (χ3v) is 5.83. The number of allylic oxidation sites excluding steroid dienone is 1. The van der Waals surface area contributed by atoms with Gasteiger partial charge in [-0.3, -0.25) is 14.2 Å². The summed E-state index contributed by atoms with van der Waals surface area (Å²) in [6.45, 7) is 3.98. The van der Waals surface area contributed by atoms with E-state index in [2.05, 4.69) is 16.9 Å². The minimum atomic E-state index is -0.374. The topological polar surface area (TPSA) is 78.2 Å². The Balaban J connectivity index is 1.55. The predicted molar refractivity (Wildman–Crippen MR) is 124 cm³/mol. The lowest BCUT2D eigenvalue weighted by molar-refractivity contribution is -0.116. The van der Waals surface area contributed by atoms with Gasteiger partial charge in [0.2, 0.25) is 5.91 Å². The van der Waals surface area contributed by atoms with Gasteiger partial charge in [-0.05, 0) is 36.5 Å². The van der Waals surface area contributed by atoms with Crippen LogP contribution in [0.1, 0.15) is 0 Å². The van der Waals surface area contributed by atoms with Crippen molar-refractivity contribution in [3.8, 4) is 11.5 Å². The highest BCUT2D eigenvalue weighted by Gasteiger charge is 2.14. The Hall–Kier alpha value is -3.56. The van der Waals surface area contributed by atoms with Gasteiger partial charge >= 0.3 is 0 Å². The van der Waals surface area contributed by atoms with E-state index in [1.807, 2.05) is 36.4 Å². The zero-order valence-corrected chi connectivity index (χ0v) is 18.0. The normalized spacial score (nSPS) is 10.7. The van der Waals surface area contributed by atoms with Crippen molar-refractivity contribution in [2.45, 2.75) is 13.1 Å². The molecule has 4 aromatic rings. The van der Waals surface area contributed by atoms with Gasteiger partial charge in [-0.1, -0.05) is 47.7 Å². The summed E-state index contributed by atoms with van der Waals surface area (Å²) in [4.78, 5) is 29.8. The van der Waals surface area contributed by atoms with Gasteiger partial charge in [-0.15, -0.1) is 6.58 Å². The maximum Gasteiger partial charge on any atom is 0.273 e. The Morgan fingerprint density at radius 1 is 1.19 bits per heavy atom. The molecule has 0 atom stereocenters. The summed E-state index contributed by atoms with van der Waals surface area (Å²) in [7, 11) is 0. The molecule has 0 fully saturated rings. The van der Waals surface area contributed by atoms with E-state index < -0.39 is 0 Å². The molecule has 0 aliphatic carbocycles. The lowest BCUT2D eigenvalue weighted by Crippen LogP contribution is -2.27. The minimum absolute atomic E-state index is 0.187. The minimum Gasteiger partial charge on any atom is -0.455 e. The van der Waals surface area contributed by atoms with E-state index in [4.69, 9.17) is 17.0 Å². The molecule has 7 nitrogen and oxygen atoms in total. The molecule has 1 amide bonds. The number of fused-ring (bicyclic) bond motifs is 1. The number of benzene rings is 2. The fourth-order valence-corrected chi connectivity index (χ4v) is 4.31. The van der Waals surface area contributed by atoms with E-state index in [9.17, 15) is 9.59 Å². The molecule has 0 aliphatic rings. The van der Waals surface area contributed by atoms with Crippen molar-refractivity contribution in [2.75, 3.05) is 5.32 Å². The molecule has 2 heterocycles. The number of rotatable bonds is 7. The number of aromatic nitrogens is 3. The molecule has 2 aromatic carbocycles. The van der Waals surface area contributed by atoms with E-state index in [-0.39, 0.29) is 18.0 Å². The van der Waals surface area contributed by atoms with Crippen LogP contribution >= 0.6 is 23.6 Å². The largest absolute Gasteiger partial charge is 0.455 e. The second kappa shape index (κ2) is 9.07. The SMILES string of the molecule is C=CCn1c(=S)sc2c(=O)n(CC(=O)Nc3ccccc3Oc3ccccc3)cnc21. The van der Waals surface area contributed by atoms with Crippen molar-refractivity contribution in [3.05, 3.63) is 87.9 Å². The van der Waals surface area contributed by atoms with Crippen LogP contribution in [-0.4, -0.2) is 20.0 Å². The van der Waals surface area contributed by atoms with Gasteiger partial charge < -0.3 is 14.6 Å². The van der Waals surface area contributed by atoms with Crippen LogP contribution in [0.4, 0.5) is 5.69 Å². The third-order valence-electron chi connectivity index (χ3n) is 4.40. The van der Waals surface area contributed by atoms with E-state index in [0.29, 0.717) is 38.0 Å². The first kappa shape index (κ1) is 20.7. The second-order valence-electron chi connectivity index (χ2n) is 6.56. The summed E-state index contributed by atoms with van der Waals surface area (Å²) in [5.41, 5.74) is 0.692. The van der Waals surface area contributed by atoms with Crippen LogP contribution in [0.3, 0.4) is 0 Å². The second-order valence-corrected chi connectivity index (χ2v) is 8.20. The van der Waals surface area contributed by atoms with Crippen molar-refractivity contribution < 1.29 is 9.53 Å². The number of hydrogen-bond acceptors (Lipinski definition) is 6. The number of para-hydroxylation sites is 3. The Morgan fingerprint density at radius 3 is 2.71 bits per heavy atom. The number of nitrogens with one attached hydrogen (secondary N) is 1. The van der Waals surface area contributed by atoms with Crippen LogP contribution in [0.2, 0.25) is 0 Å². The van der Waals surface area contributed by atoms with Gasteiger partial charge in [0.05, 0.1) is 5.69 Å². The fourth-order valence-electron chi connectivity index (χ4n) is 2.99. The standard InChI is InChI=1S/C22H18N4O3S2/c1-2-12-26-20-19(31-22(26)30)21(28)25(14-23-20)13-18(27)24-16-10-6-7-11-17(16)29-15-8-4-3-5-9-15/h2-11,14H,1,12-13H2,(H,24,27). The van der Waals surface area contributed by atoms with Gasteiger partial charge in [0, 0.05) is 6.54 Å². The zero-order valence-electron chi connectivity index (χ0n) is 16.4. The molecule has 31 heavy (non-hydrogen) atoms. The number of amides is 1. The first-order valence-electron chi connectivity index (χ1n) is 9.38. The molecule has 0 unspecified atom stereocenters. The van der Waals surface area contributed by atoms with Crippen molar-refractivity contribution in [1.29, 1.82) is 0 Å². The van der Waals surface area contributed by atoms with Gasteiger partial charge in [-0.2, -0.15) is 0 Å². The summed E-state index contributed by atoms with van der Waals surface area (Å²) < 4.78 is 9.82. The number of carbonyl (C=O) groups is 1. The average molecular weight is 451 g/mol. The molecule has 0 saturated heterocycles. The molecule has 0 saturated carbocycles. The molecule has 0 radical (unpaired) electrons. The van der Waals surface area contributed by atoms with Gasteiger partial charge in [0.1, 0.15) is 23.3 Å². The van der Waals surface area contributed by atoms with E-state index in [1.165, 1.54) is 22.2 Å². The quantitative estimate of drug-likeness (QED) is 0.329. The molecule has 2 aromatic heterocycles. The molecule has 9 heteroatoms. The van der Waals surface area contributed by atoms with Crippen LogP contribution in [0.5, 0.6) is 11.5 Å². The molecular weight excluding hydrogens is 432 g/mol. The first-order valence-corrected chi connectivity index (χ1v) is 10.6. The lowest BCUT2D eigenvalue weighted by atomic mass is 10.3. The predicted octanol–water partition coefficient (Wildman–Crippen LogP) is 4.61. The summed E-state index contributed by atoms with van der Waals surface area (Å²) in [6.07, 6.45) is 3.05. The molecule has 4 rings (SSSR count). The highest BCUT2D eigenvalue weighted by Crippen LogP contribution is 2.29. The van der Waals surface area contributed by atoms with Crippen LogP contribution in [0.15, 0.2) is 78.4 Å². The number of anilines is 1. The van der Waals surface area contributed by atoms with Gasteiger partial charge in [-0.25, -0.2) is 4.98 Å². The van der Waals surface area contributed by atoms with Crippen LogP contribution in [0.25, 0.3) is 10.3 Å². The highest BCUT2D eigenvalue weighted by molar-refractivity contribution is 7.73. The number of ether oxygens (including phenoxy) is 1. The maximum absolute atomic E-state index is 12.8. The van der Waals surface area contributed by atoms with Crippen LogP contribution < -0.4 is 15.6 Å². The Kier molecular flexibility index (Phi) is 6.06. The van der Waals surface area contributed by atoms with Gasteiger partial charge in [0.25, 0.3) is 5.56 Å². The third kappa shape index (κ3) is 4.47. The smallest absolute Gasteiger partial charge is 0.273 e. The number of carbonyl (C=O) groups excluding carboxylic acids is 1. The van der Waals surface area contributed by atoms with Crippen molar-refractivity contribution in [2.24, 2.45) is 0 Å². The summed E-state index contributed by atoms with van der Waals surface area (Å²) in [5, 5.41) is 2.80. The summed E-state index contributed by atoms with van der Waals surface area (Å²) >= 11 is 6.49. The zero-order chi connectivity index (χ0) is 21.8. The van der Waals surface area contributed by atoms with Gasteiger partial charge in [0.15, 0.2) is 15.4 Å². The number of nitrogens with zero attached hydrogens (tertiary/aromatic N) is 3. The Bertz CT molecular complexity index is 1370. The lowest BCUT2D eigenvalue weighted by Gasteiger charge is -2.12. The van der Waals surface area contributed by atoms with Crippen molar-refractivity contribution >= 4 is 45.5 Å². The fraction of sp³-hybridized carbons (Fsp3) is 0.0909. The molecule has 1 N–H and O–H groups in total. The number of hydrogen-bond donors (Lipinski definition) is 1. The molecule has 0 spiro atoms. The molecule has 0 aliphatic heterocycles. The molecule has 156 valence electrons. The number of thiazole rings is 1. The molecular formula is C22H18N4O3S2. The first-order chi connectivity index (χ1) is 15.1. The van der Waals surface area contributed by atoms with E-state index in [1.54, 1.807) is 28.8 Å². The molecule has 0 bridgehead atoms. The Morgan fingerprint density at radius 2 is 1.94 bits per heavy atom. The summed E-state index contributed by atoms with van der Waals surface area (Å²) in [6, 6.07) is 16.4. The maximum atomic E-state index is 12.8. The summed E-state index contributed by atoms with van der Waals surface area (Å²) in [5.74, 6) is 0.782. The van der Waals surface area contributed by atoms with E-state index in [0.717, 1.165) is 0 Å².